The maximum atomic E-state index is 10.8. The average Bonchev–Trinajstić information content (AvgIpc) is 2.07. The van der Waals surface area contributed by atoms with Crippen molar-refractivity contribution in [2.24, 2.45) is 5.73 Å². The number of hydrogen-bond acceptors (Lipinski definition) is 3. The number of carbonyl (C=O) groups is 1. The quantitative estimate of drug-likeness (QED) is 0.547. The minimum Gasteiger partial charge on any atom is -0.872 e. The number of benzene rings is 1. The number of carboxylic acid groups (broad SMARTS) is 1. The van der Waals surface area contributed by atoms with E-state index in [0.717, 1.165) is 5.56 Å². The third-order valence-electron chi connectivity index (χ3n) is 1.86. The molecule has 4 nitrogen and oxygen atoms in total. The summed E-state index contributed by atoms with van der Waals surface area (Å²) in [6.07, 6.45) is 0.422. The maximum absolute atomic E-state index is 10.8. The predicted molar refractivity (Wildman–Crippen MR) is 49.8 cm³/mol. The zero-order chi connectivity index (χ0) is 10.6. The van der Waals surface area contributed by atoms with Crippen molar-refractivity contribution >= 4 is 5.97 Å². The van der Waals surface area contributed by atoms with Crippen LogP contribution in [0.2, 0.25) is 0 Å². The van der Waals surface area contributed by atoms with Crippen LogP contribution in [0.3, 0.4) is 0 Å². The summed E-state index contributed by atoms with van der Waals surface area (Å²) in [5.74, 6) is -0.960. The Morgan fingerprint density at radius 1 is 1.40 bits per heavy atom. The van der Waals surface area contributed by atoms with Gasteiger partial charge in [0, 0.05) is 6.04 Å². The number of nitrogens with two attached hydrogens (primary N) is 1. The molecule has 0 saturated carbocycles. The Morgan fingerprint density at radius 2 is 1.93 bits per heavy atom. The van der Waals surface area contributed by atoms with Crippen LogP contribution in [0.25, 0.3) is 0 Å². The van der Waals surface area contributed by atoms with Gasteiger partial charge in [-0.1, -0.05) is 24.3 Å². The monoisotopic (exact) mass is 233 g/mol. The molecule has 0 unspecified atom stereocenters. The molecule has 1 atom stereocenters. The summed E-state index contributed by atoms with van der Waals surface area (Å²) in [6.45, 7) is 0. The van der Waals surface area contributed by atoms with Crippen LogP contribution in [0.15, 0.2) is 24.3 Å². The molecular formula is C10H12KNO3. The van der Waals surface area contributed by atoms with E-state index in [9.17, 15) is 9.90 Å². The fraction of sp³-hybridized carbons (Fsp3) is 0.300. The van der Waals surface area contributed by atoms with Crippen LogP contribution in [0.4, 0.5) is 0 Å². The molecule has 0 aromatic heterocycles. The van der Waals surface area contributed by atoms with Crippen LogP contribution >= 0.6 is 0 Å². The SMILES string of the molecule is N[C@H](CC(=O)O)Cc1ccc([O-])cc1.[K+]. The molecule has 15 heavy (non-hydrogen) atoms. The molecule has 0 radical (unpaired) electrons. The van der Waals surface area contributed by atoms with Crippen LogP contribution in [0.1, 0.15) is 12.0 Å². The topological polar surface area (TPSA) is 86.4 Å². The number of rotatable bonds is 4. The van der Waals surface area contributed by atoms with E-state index < -0.39 is 12.0 Å². The summed E-state index contributed by atoms with van der Waals surface area (Å²) in [5.41, 5.74) is 6.47. The van der Waals surface area contributed by atoms with Crippen molar-refractivity contribution in [2.75, 3.05) is 0 Å². The van der Waals surface area contributed by atoms with E-state index in [-0.39, 0.29) is 63.6 Å². The normalized spacial score (nSPS) is 11.5. The van der Waals surface area contributed by atoms with Gasteiger partial charge in [-0.05, 0) is 12.0 Å². The van der Waals surface area contributed by atoms with E-state index in [0.29, 0.717) is 6.42 Å². The summed E-state index contributed by atoms with van der Waals surface area (Å²) in [6, 6.07) is 5.84. The van der Waals surface area contributed by atoms with Crippen LogP contribution in [-0.4, -0.2) is 17.1 Å². The van der Waals surface area contributed by atoms with Crippen molar-refractivity contribution in [3.8, 4) is 5.75 Å². The first-order valence-corrected chi connectivity index (χ1v) is 4.31. The molecule has 0 aliphatic rings. The van der Waals surface area contributed by atoms with Gasteiger partial charge in [-0.2, -0.15) is 0 Å². The summed E-state index contributed by atoms with van der Waals surface area (Å²) < 4.78 is 0. The Bertz CT molecular complexity index is 313. The van der Waals surface area contributed by atoms with Gasteiger partial charge in [0.2, 0.25) is 0 Å². The molecule has 3 N–H and O–H groups in total. The van der Waals surface area contributed by atoms with Gasteiger partial charge in [0.1, 0.15) is 0 Å². The van der Waals surface area contributed by atoms with Crippen molar-refractivity contribution in [2.45, 2.75) is 18.9 Å². The summed E-state index contributed by atoms with van der Waals surface area (Å²) in [4.78, 5) is 10.3. The second-order valence-electron chi connectivity index (χ2n) is 3.21. The van der Waals surface area contributed by atoms with Gasteiger partial charge in [0.15, 0.2) is 0 Å². The van der Waals surface area contributed by atoms with Gasteiger partial charge < -0.3 is 15.9 Å². The van der Waals surface area contributed by atoms with Gasteiger partial charge in [-0.3, -0.25) is 4.79 Å². The van der Waals surface area contributed by atoms with Gasteiger partial charge in [0.05, 0.1) is 6.42 Å². The van der Waals surface area contributed by atoms with Crippen molar-refractivity contribution in [3.63, 3.8) is 0 Å². The van der Waals surface area contributed by atoms with Crippen molar-refractivity contribution in [3.05, 3.63) is 29.8 Å². The Hall–Kier alpha value is 0.0864. The molecule has 0 amide bonds. The smallest absolute Gasteiger partial charge is 0.872 e. The second-order valence-corrected chi connectivity index (χ2v) is 3.21. The second kappa shape index (κ2) is 7.37. The molecule has 1 aromatic rings. The van der Waals surface area contributed by atoms with Gasteiger partial charge in [-0.25, -0.2) is 0 Å². The number of carboxylic acids is 1. The zero-order valence-corrected chi connectivity index (χ0v) is 11.8. The molecule has 76 valence electrons. The molecule has 0 bridgehead atoms. The molecule has 0 aliphatic heterocycles. The molecule has 1 rings (SSSR count). The van der Waals surface area contributed by atoms with Crippen LogP contribution in [0, 0.1) is 0 Å². The standard InChI is InChI=1S/C10H13NO3.K/c11-8(6-10(13)14)5-7-1-3-9(12)4-2-7;/h1-4,8,12H,5-6,11H2,(H,13,14);/q;+1/p-1/t8-;/m0./s1. The number of aliphatic carboxylic acids is 1. The maximum Gasteiger partial charge on any atom is 1.00 e. The first-order chi connectivity index (χ1) is 6.58. The Morgan fingerprint density at radius 3 is 2.40 bits per heavy atom. The first-order valence-electron chi connectivity index (χ1n) is 4.31. The van der Waals surface area contributed by atoms with E-state index in [1.807, 2.05) is 0 Å². The Labute approximate surface area is 131 Å². The zero-order valence-electron chi connectivity index (χ0n) is 8.64. The molecule has 1 aromatic carbocycles. The summed E-state index contributed by atoms with van der Waals surface area (Å²) >= 11 is 0. The van der Waals surface area contributed by atoms with Crippen molar-refractivity contribution < 1.29 is 66.4 Å². The molecule has 0 saturated heterocycles. The van der Waals surface area contributed by atoms with E-state index in [1.54, 1.807) is 12.1 Å². The van der Waals surface area contributed by atoms with Crippen LogP contribution < -0.4 is 62.2 Å². The minimum absolute atomic E-state index is 0. The fourth-order valence-electron chi connectivity index (χ4n) is 1.22. The van der Waals surface area contributed by atoms with Gasteiger partial charge in [0.25, 0.3) is 0 Å². The third-order valence-corrected chi connectivity index (χ3v) is 1.86. The Kier molecular flexibility index (Phi) is 7.42. The largest absolute Gasteiger partial charge is 1.00 e. The predicted octanol–water partition coefficient (Wildman–Crippen LogP) is -2.89. The molecule has 5 heteroatoms. The molecule has 0 fully saturated rings. The van der Waals surface area contributed by atoms with E-state index >= 15 is 0 Å². The van der Waals surface area contributed by atoms with E-state index in [4.69, 9.17) is 10.8 Å². The summed E-state index contributed by atoms with van der Waals surface area (Å²) in [5, 5.41) is 19.2. The molecule has 0 aliphatic carbocycles. The van der Waals surface area contributed by atoms with Gasteiger partial charge in [-0.15, -0.1) is 5.75 Å². The van der Waals surface area contributed by atoms with Crippen LogP contribution in [0.5, 0.6) is 5.75 Å². The minimum atomic E-state index is -0.905. The van der Waals surface area contributed by atoms with Crippen molar-refractivity contribution in [1.82, 2.24) is 0 Å². The molecule has 0 spiro atoms. The van der Waals surface area contributed by atoms with E-state index in [2.05, 4.69) is 0 Å². The summed E-state index contributed by atoms with van der Waals surface area (Å²) in [7, 11) is 0. The molecule has 0 heterocycles. The first kappa shape index (κ1) is 15.1. The Balaban J connectivity index is 0.00000196. The number of hydrogen-bond donors (Lipinski definition) is 2. The van der Waals surface area contributed by atoms with Crippen molar-refractivity contribution in [1.29, 1.82) is 0 Å². The third kappa shape index (κ3) is 6.29. The van der Waals surface area contributed by atoms with E-state index in [1.165, 1.54) is 12.1 Å². The van der Waals surface area contributed by atoms with Gasteiger partial charge >= 0.3 is 57.4 Å². The molecular weight excluding hydrogens is 221 g/mol. The fourth-order valence-corrected chi connectivity index (χ4v) is 1.22. The van der Waals surface area contributed by atoms with Crippen LogP contribution in [-0.2, 0) is 11.2 Å². The average molecular weight is 233 g/mol.